The van der Waals surface area contributed by atoms with Gasteiger partial charge in [0.25, 0.3) is 11.2 Å². The number of benzene rings is 2. The molecule has 168 valence electrons. The molecule has 2 aromatic heterocycles. The first-order valence-electron chi connectivity index (χ1n) is 11.1. The van der Waals surface area contributed by atoms with Gasteiger partial charge in [-0.25, -0.2) is 4.98 Å². The van der Waals surface area contributed by atoms with Gasteiger partial charge >= 0.3 is 0 Å². The molecule has 0 saturated carbocycles. The van der Waals surface area contributed by atoms with Crippen molar-refractivity contribution in [1.29, 1.82) is 0 Å². The highest BCUT2D eigenvalue weighted by atomic mass is 32.2. The summed E-state index contributed by atoms with van der Waals surface area (Å²) >= 11 is 3.12. The van der Waals surface area contributed by atoms with E-state index in [0.29, 0.717) is 17.5 Å². The number of aromatic nitrogens is 2. The van der Waals surface area contributed by atoms with Crippen molar-refractivity contribution in [1.82, 2.24) is 9.55 Å². The molecule has 0 radical (unpaired) electrons. The van der Waals surface area contributed by atoms with Crippen LogP contribution in [0.2, 0.25) is 0 Å². The van der Waals surface area contributed by atoms with Gasteiger partial charge in [-0.3, -0.25) is 19.5 Å². The highest BCUT2D eigenvalue weighted by molar-refractivity contribution is 7.98. The highest BCUT2D eigenvalue weighted by Crippen LogP contribution is 2.35. The Labute approximate surface area is 199 Å². The lowest BCUT2D eigenvalue weighted by molar-refractivity contribution is -0.384. The molecule has 1 aliphatic carbocycles. The van der Waals surface area contributed by atoms with Gasteiger partial charge in [0, 0.05) is 29.3 Å². The summed E-state index contributed by atoms with van der Waals surface area (Å²) in [7, 11) is 0. The van der Waals surface area contributed by atoms with Crippen molar-refractivity contribution in [3.8, 4) is 0 Å². The topological polar surface area (TPSA) is 78.0 Å². The van der Waals surface area contributed by atoms with Gasteiger partial charge < -0.3 is 0 Å². The molecule has 1 aliphatic rings. The third-order valence-electron chi connectivity index (χ3n) is 6.00. The number of thiophene rings is 1. The molecule has 8 heteroatoms. The second kappa shape index (κ2) is 9.49. The zero-order valence-electron chi connectivity index (χ0n) is 18.0. The predicted octanol–water partition coefficient (Wildman–Crippen LogP) is 5.78. The van der Waals surface area contributed by atoms with Crippen LogP contribution in [-0.4, -0.2) is 14.5 Å². The van der Waals surface area contributed by atoms with E-state index < -0.39 is 0 Å². The summed E-state index contributed by atoms with van der Waals surface area (Å²) in [6, 6.07) is 16.8. The molecule has 0 saturated heterocycles. The van der Waals surface area contributed by atoms with Crippen LogP contribution in [0, 0.1) is 10.1 Å². The zero-order valence-corrected chi connectivity index (χ0v) is 19.7. The van der Waals surface area contributed by atoms with Crippen LogP contribution in [-0.2, 0) is 31.6 Å². The number of rotatable bonds is 7. The maximum Gasteiger partial charge on any atom is 0.269 e. The molecule has 2 aromatic carbocycles. The van der Waals surface area contributed by atoms with Gasteiger partial charge in [0.2, 0.25) is 0 Å². The number of nitro groups is 1. The maximum absolute atomic E-state index is 13.7. The summed E-state index contributed by atoms with van der Waals surface area (Å²) in [6.07, 6.45) is 4.99. The average Bonchev–Trinajstić information content (AvgIpc) is 3.21. The molecule has 0 amide bonds. The first-order chi connectivity index (χ1) is 16.1. The van der Waals surface area contributed by atoms with Gasteiger partial charge in [-0.15, -0.1) is 11.3 Å². The van der Waals surface area contributed by atoms with Crippen LogP contribution in [0.1, 0.15) is 34.4 Å². The Morgan fingerprint density at radius 1 is 1.06 bits per heavy atom. The summed E-state index contributed by atoms with van der Waals surface area (Å²) in [5.41, 5.74) is 3.32. The lowest BCUT2D eigenvalue weighted by atomic mass is 9.97. The average molecular weight is 478 g/mol. The summed E-state index contributed by atoms with van der Waals surface area (Å²) < 4.78 is 1.80. The Hall–Kier alpha value is -2.97. The number of nitro benzene ring substituents is 1. The molecule has 0 aliphatic heterocycles. The van der Waals surface area contributed by atoms with E-state index >= 15 is 0 Å². The van der Waals surface area contributed by atoms with Crippen molar-refractivity contribution in [3.63, 3.8) is 0 Å². The standard InChI is InChI=1S/C25H23N3O3S2/c29-24-22-20-11-4-5-12-21(20)33-23(22)26-25(27(24)14-13-17-7-2-1-3-8-17)32-16-18-9-6-10-19(15-18)28(30)31/h1-3,6-10,15H,4-5,11-14,16H2. The molecule has 0 bridgehead atoms. The zero-order chi connectivity index (χ0) is 22.8. The quantitative estimate of drug-likeness (QED) is 0.146. The molecule has 33 heavy (non-hydrogen) atoms. The number of hydrogen-bond donors (Lipinski definition) is 0. The first-order valence-corrected chi connectivity index (χ1v) is 12.9. The normalized spacial score (nSPS) is 13.2. The highest BCUT2D eigenvalue weighted by Gasteiger charge is 2.22. The third kappa shape index (κ3) is 4.58. The molecule has 5 rings (SSSR count). The fourth-order valence-corrected chi connectivity index (χ4v) is 6.59. The molecule has 0 atom stereocenters. The van der Waals surface area contributed by atoms with E-state index in [9.17, 15) is 14.9 Å². The SMILES string of the molecule is O=c1c2c3c(sc2nc(SCc2cccc([N+](=O)[O-])c2)n1CCc1ccccc1)CCCC3. The van der Waals surface area contributed by atoms with Crippen molar-refractivity contribution in [3.05, 3.63) is 96.6 Å². The van der Waals surface area contributed by atoms with E-state index in [2.05, 4.69) is 12.1 Å². The maximum atomic E-state index is 13.7. The van der Waals surface area contributed by atoms with E-state index in [0.717, 1.165) is 47.9 Å². The summed E-state index contributed by atoms with van der Waals surface area (Å²) in [6.45, 7) is 0.549. The summed E-state index contributed by atoms with van der Waals surface area (Å²) in [4.78, 5) is 31.5. The second-order valence-corrected chi connectivity index (χ2v) is 10.2. The van der Waals surface area contributed by atoms with Crippen LogP contribution in [0.5, 0.6) is 0 Å². The van der Waals surface area contributed by atoms with Crippen LogP contribution >= 0.6 is 23.1 Å². The monoisotopic (exact) mass is 477 g/mol. The van der Waals surface area contributed by atoms with E-state index in [4.69, 9.17) is 4.98 Å². The molecule has 0 N–H and O–H groups in total. The molecule has 4 aromatic rings. The van der Waals surface area contributed by atoms with E-state index in [1.807, 2.05) is 24.3 Å². The van der Waals surface area contributed by atoms with Crippen LogP contribution in [0.3, 0.4) is 0 Å². The van der Waals surface area contributed by atoms with Gasteiger partial charge in [-0.2, -0.15) is 0 Å². The lowest BCUT2D eigenvalue weighted by Gasteiger charge is -2.14. The van der Waals surface area contributed by atoms with Crippen LogP contribution in [0.15, 0.2) is 64.5 Å². The Morgan fingerprint density at radius 2 is 1.85 bits per heavy atom. The van der Waals surface area contributed by atoms with Crippen LogP contribution in [0.4, 0.5) is 5.69 Å². The van der Waals surface area contributed by atoms with Gasteiger partial charge in [-0.05, 0) is 48.8 Å². The predicted molar refractivity (Wildman–Crippen MR) is 133 cm³/mol. The molecular formula is C25H23N3O3S2. The number of non-ortho nitro benzene ring substituents is 1. The summed E-state index contributed by atoms with van der Waals surface area (Å²) in [5, 5.41) is 12.6. The van der Waals surface area contributed by atoms with Crippen molar-refractivity contribution in [2.24, 2.45) is 0 Å². The molecule has 6 nitrogen and oxygen atoms in total. The lowest BCUT2D eigenvalue weighted by Crippen LogP contribution is -2.24. The number of hydrogen-bond acceptors (Lipinski definition) is 6. The van der Waals surface area contributed by atoms with Gasteiger partial charge in [0.1, 0.15) is 4.83 Å². The van der Waals surface area contributed by atoms with E-state index in [1.54, 1.807) is 28.0 Å². The molecule has 0 spiro atoms. The molecule has 0 unspecified atom stereocenters. The largest absolute Gasteiger partial charge is 0.287 e. The Balaban J connectivity index is 1.51. The fraction of sp³-hybridized carbons (Fsp3) is 0.280. The van der Waals surface area contributed by atoms with E-state index in [1.165, 1.54) is 33.8 Å². The minimum absolute atomic E-state index is 0.0388. The van der Waals surface area contributed by atoms with Crippen LogP contribution < -0.4 is 5.56 Å². The van der Waals surface area contributed by atoms with Crippen molar-refractivity contribution < 1.29 is 4.92 Å². The second-order valence-electron chi connectivity index (χ2n) is 8.19. The number of fused-ring (bicyclic) bond motifs is 3. The number of thioether (sulfide) groups is 1. The molecule has 2 heterocycles. The smallest absolute Gasteiger partial charge is 0.269 e. The fourth-order valence-electron chi connectivity index (χ4n) is 4.32. The van der Waals surface area contributed by atoms with Crippen molar-refractivity contribution in [2.75, 3.05) is 0 Å². The van der Waals surface area contributed by atoms with Gasteiger partial charge in [0.05, 0.1) is 10.3 Å². The number of aryl methyl sites for hydroxylation is 3. The third-order valence-corrected chi connectivity index (χ3v) is 8.23. The molecular weight excluding hydrogens is 454 g/mol. The molecule has 0 fully saturated rings. The van der Waals surface area contributed by atoms with Crippen molar-refractivity contribution in [2.45, 2.75) is 49.6 Å². The Bertz CT molecular complexity index is 1380. The minimum Gasteiger partial charge on any atom is -0.287 e. The minimum atomic E-state index is -0.384. The Morgan fingerprint density at radius 3 is 2.67 bits per heavy atom. The number of nitrogens with zero attached hydrogens (tertiary/aromatic N) is 3. The first kappa shape index (κ1) is 21.9. The van der Waals surface area contributed by atoms with Gasteiger partial charge in [-0.1, -0.05) is 54.2 Å². The van der Waals surface area contributed by atoms with Crippen molar-refractivity contribution >= 4 is 39.0 Å². The summed E-state index contributed by atoms with van der Waals surface area (Å²) in [5.74, 6) is 0.510. The van der Waals surface area contributed by atoms with E-state index in [-0.39, 0.29) is 16.2 Å². The van der Waals surface area contributed by atoms with Crippen LogP contribution in [0.25, 0.3) is 10.2 Å². The van der Waals surface area contributed by atoms with Gasteiger partial charge in [0.15, 0.2) is 5.16 Å². The Kier molecular flexibility index (Phi) is 6.28.